The van der Waals surface area contributed by atoms with E-state index in [0.29, 0.717) is 6.04 Å². The highest BCUT2D eigenvalue weighted by Gasteiger charge is 1.97. The van der Waals surface area contributed by atoms with Crippen LogP contribution in [0.2, 0.25) is 6.04 Å². The first-order valence-electron chi connectivity index (χ1n) is 2.84. The van der Waals surface area contributed by atoms with Crippen molar-refractivity contribution in [1.29, 1.82) is 0 Å². The zero-order valence-electron chi connectivity index (χ0n) is 5.09. The highest BCUT2D eigenvalue weighted by Crippen LogP contribution is 1.78. The molecule has 0 aliphatic rings. The van der Waals surface area contributed by atoms with E-state index >= 15 is 0 Å². The Bertz CT molecular complexity index is 51.3. The summed E-state index contributed by atoms with van der Waals surface area (Å²) in [6.07, 6.45) is 0. The van der Waals surface area contributed by atoms with Crippen LogP contribution in [0.5, 0.6) is 0 Å². The largest absolute Gasteiger partial charge is 0.413 e. The molecule has 0 radical (unpaired) electrons. The van der Waals surface area contributed by atoms with Gasteiger partial charge in [0.1, 0.15) is 0 Å². The Kier molecular flexibility index (Phi) is 5.30. The zero-order valence-corrected chi connectivity index (χ0v) is 6.25. The molecular weight excluding hydrogens is 122 g/mol. The summed E-state index contributed by atoms with van der Waals surface area (Å²) in [5, 5.41) is 2.99. The summed E-state index contributed by atoms with van der Waals surface area (Å²) >= 11 is 0. The van der Waals surface area contributed by atoms with Gasteiger partial charge in [0.25, 0.3) is 0 Å². The fourth-order valence-corrected chi connectivity index (χ4v) is 0.870. The minimum absolute atomic E-state index is 0.549. The Morgan fingerprint density at radius 2 is 2.12 bits per heavy atom. The van der Waals surface area contributed by atoms with Gasteiger partial charge in [0.2, 0.25) is 0 Å². The molecule has 0 aliphatic carbocycles. The van der Waals surface area contributed by atoms with Gasteiger partial charge >= 0.3 is 9.28 Å². The second-order valence-corrected chi connectivity index (χ2v) is 3.16. The van der Waals surface area contributed by atoms with Crippen molar-refractivity contribution in [2.75, 3.05) is 13.1 Å². The zero-order chi connectivity index (χ0) is 6.41. The van der Waals surface area contributed by atoms with Crippen molar-refractivity contribution in [3.63, 3.8) is 0 Å². The molecule has 0 atom stereocenters. The molecule has 0 aromatic heterocycles. The molecule has 0 aromatic rings. The van der Waals surface area contributed by atoms with E-state index < -0.39 is 9.28 Å². The SMILES string of the molecule is CCNCC[SiH](O)O. The van der Waals surface area contributed by atoms with Crippen LogP contribution in [0.1, 0.15) is 6.92 Å². The molecule has 8 heavy (non-hydrogen) atoms. The number of hydrogen-bond acceptors (Lipinski definition) is 3. The van der Waals surface area contributed by atoms with Gasteiger partial charge in [-0.05, 0) is 13.1 Å². The fraction of sp³-hybridized carbons (Fsp3) is 1.00. The van der Waals surface area contributed by atoms with Crippen LogP contribution < -0.4 is 5.32 Å². The highest BCUT2D eigenvalue weighted by atomic mass is 28.3. The minimum Gasteiger partial charge on any atom is -0.413 e. The van der Waals surface area contributed by atoms with Gasteiger partial charge in [-0.25, -0.2) is 0 Å². The molecule has 0 spiro atoms. The molecule has 0 aromatic carbocycles. The van der Waals surface area contributed by atoms with Crippen molar-refractivity contribution in [3.8, 4) is 0 Å². The van der Waals surface area contributed by atoms with Gasteiger partial charge in [0.15, 0.2) is 0 Å². The molecule has 0 heterocycles. The van der Waals surface area contributed by atoms with Gasteiger partial charge in [-0.1, -0.05) is 6.92 Å². The van der Waals surface area contributed by atoms with Crippen LogP contribution in [-0.2, 0) is 0 Å². The average Bonchev–Trinajstić information content (AvgIpc) is 1.66. The lowest BCUT2D eigenvalue weighted by atomic mass is 10.7. The Balaban J connectivity index is 2.72. The van der Waals surface area contributed by atoms with Crippen LogP contribution in [0.3, 0.4) is 0 Å². The van der Waals surface area contributed by atoms with E-state index in [9.17, 15) is 0 Å². The van der Waals surface area contributed by atoms with E-state index in [1.807, 2.05) is 6.92 Å². The quantitative estimate of drug-likeness (QED) is 0.335. The molecule has 0 unspecified atom stereocenters. The highest BCUT2D eigenvalue weighted by molar-refractivity contribution is 6.41. The first kappa shape index (κ1) is 8.10. The van der Waals surface area contributed by atoms with Crippen LogP contribution in [-0.4, -0.2) is 32.0 Å². The summed E-state index contributed by atoms with van der Waals surface area (Å²) in [6.45, 7) is 3.63. The van der Waals surface area contributed by atoms with Gasteiger partial charge in [-0.3, -0.25) is 0 Å². The van der Waals surface area contributed by atoms with E-state index in [1.54, 1.807) is 0 Å². The van der Waals surface area contributed by atoms with Crippen LogP contribution >= 0.6 is 0 Å². The van der Waals surface area contributed by atoms with Crippen molar-refractivity contribution in [1.82, 2.24) is 5.32 Å². The first-order valence-corrected chi connectivity index (χ1v) is 4.69. The molecule has 0 saturated heterocycles. The van der Waals surface area contributed by atoms with Crippen molar-refractivity contribution >= 4 is 9.28 Å². The standard InChI is InChI=1S/C4H13NO2Si/c1-2-5-3-4-8(6)7/h5-8H,2-4H2,1H3. The molecular formula is C4H13NO2Si. The molecule has 0 fully saturated rings. The van der Waals surface area contributed by atoms with Crippen LogP contribution in [0.25, 0.3) is 0 Å². The van der Waals surface area contributed by atoms with Crippen molar-refractivity contribution in [3.05, 3.63) is 0 Å². The Morgan fingerprint density at radius 1 is 1.50 bits per heavy atom. The maximum atomic E-state index is 8.43. The summed E-state index contributed by atoms with van der Waals surface area (Å²) in [7, 11) is -2.26. The van der Waals surface area contributed by atoms with Crippen LogP contribution in [0.4, 0.5) is 0 Å². The van der Waals surface area contributed by atoms with Crippen molar-refractivity contribution in [2.24, 2.45) is 0 Å². The number of hydrogen-bond donors (Lipinski definition) is 3. The van der Waals surface area contributed by atoms with E-state index in [0.717, 1.165) is 13.1 Å². The van der Waals surface area contributed by atoms with Crippen molar-refractivity contribution in [2.45, 2.75) is 13.0 Å². The Morgan fingerprint density at radius 3 is 2.50 bits per heavy atom. The van der Waals surface area contributed by atoms with Crippen LogP contribution in [0.15, 0.2) is 0 Å². The molecule has 50 valence electrons. The molecule has 0 rings (SSSR count). The molecule has 3 N–H and O–H groups in total. The summed E-state index contributed by atoms with van der Waals surface area (Å²) < 4.78 is 0. The topological polar surface area (TPSA) is 52.5 Å². The molecule has 0 bridgehead atoms. The van der Waals surface area contributed by atoms with Gasteiger partial charge in [0.05, 0.1) is 0 Å². The average molecular weight is 135 g/mol. The third-order valence-corrected chi connectivity index (χ3v) is 1.63. The summed E-state index contributed by atoms with van der Waals surface area (Å²) in [5.74, 6) is 0. The lowest BCUT2D eigenvalue weighted by molar-refractivity contribution is 0.403. The molecule has 3 nitrogen and oxygen atoms in total. The van der Waals surface area contributed by atoms with E-state index in [-0.39, 0.29) is 0 Å². The Labute approximate surface area is 51.2 Å². The normalized spacial score (nSPS) is 10.5. The van der Waals surface area contributed by atoms with Gasteiger partial charge < -0.3 is 14.9 Å². The molecule has 4 heteroatoms. The number of rotatable bonds is 4. The van der Waals surface area contributed by atoms with Crippen molar-refractivity contribution < 1.29 is 9.59 Å². The van der Waals surface area contributed by atoms with Crippen LogP contribution in [0, 0.1) is 0 Å². The molecule has 0 amide bonds. The van der Waals surface area contributed by atoms with E-state index in [4.69, 9.17) is 9.59 Å². The Hall–Kier alpha value is 0.0969. The lowest BCUT2D eigenvalue weighted by Crippen LogP contribution is -2.21. The maximum Gasteiger partial charge on any atom is 0.317 e. The minimum atomic E-state index is -2.26. The molecule has 0 aliphatic heterocycles. The lowest BCUT2D eigenvalue weighted by Gasteiger charge is -1.99. The maximum absolute atomic E-state index is 8.43. The van der Waals surface area contributed by atoms with E-state index in [1.165, 1.54) is 0 Å². The van der Waals surface area contributed by atoms with Gasteiger partial charge in [0, 0.05) is 6.04 Å². The predicted molar refractivity (Wildman–Crippen MR) is 34.9 cm³/mol. The second-order valence-electron chi connectivity index (χ2n) is 1.62. The summed E-state index contributed by atoms with van der Waals surface area (Å²) in [6, 6.07) is 0.549. The second kappa shape index (κ2) is 5.24. The first-order chi connectivity index (χ1) is 3.77. The summed E-state index contributed by atoms with van der Waals surface area (Å²) in [5.41, 5.74) is 0. The van der Waals surface area contributed by atoms with Gasteiger partial charge in [-0.15, -0.1) is 0 Å². The van der Waals surface area contributed by atoms with Gasteiger partial charge in [-0.2, -0.15) is 0 Å². The third-order valence-electron chi connectivity index (χ3n) is 0.829. The molecule has 0 saturated carbocycles. The summed E-state index contributed by atoms with van der Waals surface area (Å²) in [4.78, 5) is 16.9. The third kappa shape index (κ3) is 6.10. The predicted octanol–water partition coefficient (Wildman–Crippen LogP) is -1.20. The van der Waals surface area contributed by atoms with E-state index in [2.05, 4.69) is 5.32 Å². The fourth-order valence-electron chi connectivity index (χ4n) is 0.408. The monoisotopic (exact) mass is 135 g/mol. The number of nitrogens with one attached hydrogen (secondary N) is 1. The smallest absolute Gasteiger partial charge is 0.317 e.